The molecule has 1 heterocycles. The third-order valence-corrected chi connectivity index (χ3v) is 3.82. The van der Waals surface area contributed by atoms with Crippen molar-refractivity contribution in [3.63, 3.8) is 0 Å². The minimum atomic E-state index is 0.327. The first-order valence-electron chi connectivity index (χ1n) is 6.72. The van der Waals surface area contributed by atoms with Crippen LogP contribution in [0.2, 0.25) is 0 Å². The van der Waals surface area contributed by atoms with Crippen LogP contribution in [0.5, 0.6) is 5.75 Å². The van der Waals surface area contributed by atoms with Crippen LogP contribution >= 0.6 is 0 Å². The summed E-state index contributed by atoms with van der Waals surface area (Å²) in [5.74, 6) is 0.437. The van der Waals surface area contributed by atoms with E-state index >= 15 is 0 Å². The molecule has 94 valence electrons. The van der Waals surface area contributed by atoms with E-state index in [9.17, 15) is 5.11 Å². The Labute approximate surface area is 104 Å². The monoisotopic (exact) mass is 233 g/mol. The van der Waals surface area contributed by atoms with Gasteiger partial charge in [-0.2, -0.15) is 0 Å². The Morgan fingerprint density at radius 3 is 2.41 bits per heavy atom. The second-order valence-electron chi connectivity index (χ2n) is 5.19. The van der Waals surface area contributed by atoms with E-state index < -0.39 is 0 Å². The molecule has 1 aliphatic rings. The van der Waals surface area contributed by atoms with Crippen LogP contribution in [0.1, 0.15) is 49.8 Å². The fraction of sp³-hybridized carbons (Fsp3) is 0.600. The van der Waals surface area contributed by atoms with Crippen molar-refractivity contribution in [3.8, 4) is 5.75 Å². The molecule has 0 radical (unpaired) electrons. The van der Waals surface area contributed by atoms with Gasteiger partial charge in [-0.05, 0) is 45.8 Å². The molecular formula is C15H23NO. The minimum absolute atomic E-state index is 0.327. The van der Waals surface area contributed by atoms with E-state index in [1.54, 1.807) is 0 Å². The van der Waals surface area contributed by atoms with Gasteiger partial charge in [0.1, 0.15) is 5.75 Å². The van der Waals surface area contributed by atoms with Gasteiger partial charge in [0, 0.05) is 11.6 Å². The third-order valence-electron chi connectivity index (χ3n) is 3.82. The Morgan fingerprint density at radius 1 is 1.12 bits per heavy atom. The molecule has 1 fully saturated rings. The Bertz CT molecular complexity index is 367. The third kappa shape index (κ3) is 3.01. The number of phenols is 1. The predicted molar refractivity (Wildman–Crippen MR) is 71.3 cm³/mol. The summed E-state index contributed by atoms with van der Waals surface area (Å²) in [4.78, 5) is 2.50. The molecule has 0 amide bonds. The summed E-state index contributed by atoms with van der Waals surface area (Å²) < 4.78 is 0. The van der Waals surface area contributed by atoms with Crippen molar-refractivity contribution >= 4 is 0 Å². The zero-order chi connectivity index (χ0) is 12.3. The van der Waals surface area contributed by atoms with Crippen molar-refractivity contribution in [3.05, 3.63) is 29.3 Å². The van der Waals surface area contributed by atoms with E-state index in [-0.39, 0.29) is 0 Å². The molecule has 0 spiro atoms. The van der Waals surface area contributed by atoms with Gasteiger partial charge in [0.2, 0.25) is 0 Å². The summed E-state index contributed by atoms with van der Waals surface area (Å²) >= 11 is 0. The molecule has 1 N–H and O–H groups in total. The lowest BCUT2D eigenvalue weighted by Crippen LogP contribution is -2.28. The summed E-state index contributed by atoms with van der Waals surface area (Å²) in [7, 11) is 0. The van der Waals surface area contributed by atoms with Crippen LogP contribution in [0, 0.1) is 6.92 Å². The number of aromatic hydroxyl groups is 1. The molecule has 1 aromatic rings. The zero-order valence-electron chi connectivity index (χ0n) is 10.9. The molecule has 1 unspecified atom stereocenters. The smallest absolute Gasteiger partial charge is 0.120 e. The average Bonchev–Trinajstić information content (AvgIpc) is 2.60. The van der Waals surface area contributed by atoms with Gasteiger partial charge in [0.15, 0.2) is 0 Å². The fourth-order valence-corrected chi connectivity index (χ4v) is 2.69. The molecule has 1 saturated heterocycles. The van der Waals surface area contributed by atoms with E-state index in [0.717, 1.165) is 18.7 Å². The van der Waals surface area contributed by atoms with Gasteiger partial charge in [-0.3, -0.25) is 4.90 Å². The molecule has 2 nitrogen and oxygen atoms in total. The topological polar surface area (TPSA) is 23.5 Å². The highest BCUT2D eigenvalue weighted by atomic mass is 16.3. The molecule has 0 bridgehead atoms. The lowest BCUT2D eigenvalue weighted by molar-refractivity contribution is 0.215. The highest BCUT2D eigenvalue weighted by Crippen LogP contribution is 2.30. The van der Waals surface area contributed by atoms with Gasteiger partial charge >= 0.3 is 0 Å². The number of hydrogen-bond acceptors (Lipinski definition) is 2. The van der Waals surface area contributed by atoms with E-state index in [1.807, 2.05) is 12.1 Å². The predicted octanol–water partition coefficient (Wildman–Crippen LogP) is 3.64. The van der Waals surface area contributed by atoms with Crippen LogP contribution < -0.4 is 0 Å². The number of phenolic OH excluding ortho intramolecular Hbond substituents is 1. The molecular weight excluding hydrogens is 210 g/mol. The summed E-state index contributed by atoms with van der Waals surface area (Å²) in [5, 5.41) is 9.98. The summed E-state index contributed by atoms with van der Waals surface area (Å²) in [5.41, 5.74) is 2.30. The van der Waals surface area contributed by atoms with Gasteiger partial charge in [0.05, 0.1) is 0 Å². The lowest BCUT2D eigenvalue weighted by Gasteiger charge is -2.28. The number of rotatable bonds is 2. The van der Waals surface area contributed by atoms with Crippen LogP contribution in [0.25, 0.3) is 0 Å². The molecule has 0 aliphatic carbocycles. The molecule has 2 rings (SSSR count). The molecule has 1 aromatic carbocycles. The van der Waals surface area contributed by atoms with Gasteiger partial charge in [-0.25, -0.2) is 0 Å². The SMILES string of the molecule is Cc1ccc(O)c(C(C)N2CCCCCC2)c1. The number of hydrogen-bond donors (Lipinski definition) is 1. The number of likely N-dealkylation sites (tertiary alicyclic amines) is 1. The van der Waals surface area contributed by atoms with Gasteiger partial charge in [-0.15, -0.1) is 0 Å². The standard InChI is InChI=1S/C15H23NO/c1-12-7-8-15(17)14(11-12)13(2)16-9-5-3-4-6-10-16/h7-8,11,13,17H,3-6,9-10H2,1-2H3. The Kier molecular flexibility index (Phi) is 4.06. The van der Waals surface area contributed by atoms with Crippen LogP contribution in [0.15, 0.2) is 18.2 Å². The van der Waals surface area contributed by atoms with Crippen molar-refractivity contribution in [2.75, 3.05) is 13.1 Å². The molecule has 17 heavy (non-hydrogen) atoms. The van der Waals surface area contributed by atoms with Crippen molar-refractivity contribution < 1.29 is 5.11 Å². The van der Waals surface area contributed by atoms with Gasteiger partial charge < -0.3 is 5.11 Å². The maximum atomic E-state index is 9.98. The summed E-state index contributed by atoms with van der Waals surface area (Å²) in [6, 6.07) is 6.23. The maximum Gasteiger partial charge on any atom is 0.120 e. The Morgan fingerprint density at radius 2 is 1.76 bits per heavy atom. The summed E-state index contributed by atoms with van der Waals surface area (Å²) in [6.45, 7) is 6.61. The summed E-state index contributed by atoms with van der Waals surface area (Å²) in [6.07, 6.45) is 5.28. The Hall–Kier alpha value is -1.02. The second-order valence-corrected chi connectivity index (χ2v) is 5.19. The minimum Gasteiger partial charge on any atom is -0.508 e. The second kappa shape index (κ2) is 5.54. The first-order chi connectivity index (χ1) is 8.18. The molecule has 1 aliphatic heterocycles. The highest BCUT2D eigenvalue weighted by molar-refractivity contribution is 5.37. The first-order valence-corrected chi connectivity index (χ1v) is 6.72. The lowest BCUT2D eigenvalue weighted by atomic mass is 10.0. The normalized spacial score (nSPS) is 19.9. The van der Waals surface area contributed by atoms with E-state index in [4.69, 9.17) is 0 Å². The van der Waals surface area contributed by atoms with Crippen molar-refractivity contribution in [1.29, 1.82) is 0 Å². The highest BCUT2D eigenvalue weighted by Gasteiger charge is 2.19. The van der Waals surface area contributed by atoms with Crippen LogP contribution in [0.4, 0.5) is 0 Å². The van der Waals surface area contributed by atoms with Crippen LogP contribution in [0.3, 0.4) is 0 Å². The zero-order valence-corrected chi connectivity index (χ0v) is 10.9. The van der Waals surface area contributed by atoms with E-state index in [0.29, 0.717) is 11.8 Å². The quantitative estimate of drug-likeness (QED) is 0.843. The average molecular weight is 233 g/mol. The fourth-order valence-electron chi connectivity index (χ4n) is 2.69. The molecule has 0 saturated carbocycles. The van der Waals surface area contributed by atoms with Crippen molar-refractivity contribution in [2.24, 2.45) is 0 Å². The molecule has 1 atom stereocenters. The van der Waals surface area contributed by atoms with E-state index in [1.165, 1.54) is 31.2 Å². The van der Waals surface area contributed by atoms with Gasteiger partial charge in [-0.1, -0.05) is 30.5 Å². The first kappa shape index (κ1) is 12.4. The van der Waals surface area contributed by atoms with Crippen LogP contribution in [-0.4, -0.2) is 23.1 Å². The number of nitrogens with zero attached hydrogens (tertiary/aromatic N) is 1. The maximum absolute atomic E-state index is 9.98. The van der Waals surface area contributed by atoms with Crippen molar-refractivity contribution in [1.82, 2.24) is 4.90 Å². The largest absolute Gasteiger partial charge is 0.508 e. The van der Waals surface area contributed by atoms with Crippen LogP contribution in [-0.2, 0) is 0 Å². The number of aryl methyl sites for hydroxylation is 1. The number of benzene rings is 1. The molecule has 2 heteroatoms. The molecule has 0 aromatic heterocycles. The Balaban J connectivity index is 2.16. The van der Waals surface area contributed by atoms with E-state index in [2.05, 4.69) is 24.8 Å². The van der Waals surface area contributed by atoms with Gasteiger partial charge in [0.25, 0.3) is 0 Å². The van der Waals surface area contributed by atoms with Crippen molar-refractivity contribution in [2.45, 2.75) is 45.6 Å².